The summed E-state index contributed by atoms with van der Waals surface area (Å²) in [6.45, 7) is 1.91. The maximum absolute atomic E-state index is 11.8. The fourth-order valence-corrected chi connectivity index (χ4v) is 4.79. The first kappa shape index (κ1) is 26.8. The standard InChI is InChI=1S/C26H19Br2N5O5/c1-15-6-8-18(9-7-15)30-22-12-23(25(33(37)38)13-24(22)32(35)36)31-21-5-3-2-4-20(21)29-14-16-10-17(27)11-19(28)26(16)34/h2-14,30-31,34H,1H3. The molecule has 0 amide bonds. The number of phenolic OH excluding ortho intramolecular Hbond substituents is 1. The van der Waals surface area contributed by atoms with Gasteiger partial charge in [0.15, 0.2) is 0 Å². The minimum absolute atomic E-state index is 0.000203. The van der Waals surface area contributed by atoms with Gasteiger partial charge >= 0.3 is 0 Å². The van der Waals surface area contributed by atoms with Crippen molar-refractivity contribution in [1.29, 1.82) is 0 Å². The van der Waals surface area contributed by atoms with Crippen LogP contribution in [0.5, 0.6) is 5.75 Å². The molecule has 0 aliphatic heterocycles. The van der Waals surface area contributed by atoms with Crippen molar-refractivity contribution in [2.75, 3.05) is 10.6 Å². The van der Waals surface area contributed by atoms with E-state index in [-0.39, 0.29) is 17.1 Å². The topological polar surface area (TPSA) is 143 Å². The fourth-order valence-electron chi connectivity index (χ4n) is 3.53. The average Bonchev–Trinajstić information content (AvgIpc) is 2.87. The number of rotatable bonds is 8. The highest BCUT2D eigenvalue weighted by atomic mass is 79.9. The molecule has 192 valence electrons. The van der Waals surface area contributed by atoms with Crippen molar-refractivity contribution in [3.63, 3.8) is 0 Å². The number of anilines is 4. The van der Waals surface area contributed by atoms with Gasteiger partial charge in [0.05, 0.1) is 31.8 Å². The van der Waals surface area contributed by atoms with Gasteiger partial charge in [0.2, 0.25) is 0 Å². The number of halogens is 2. The van der Waals surface area contributed by atoms with Crippen LogP contribution in [0.2, 0.25) is 0 Å². The Balaban J connectivity index is 1.75. The molecule has 0 saturated heterocycles. The maximum Gasteiger partial charge on any atom is 0.299 e. The van der Waals surface area contributed by atoms with Crippen LogP contribution in [0.1, 0.15) is 11.1 Å². The molecule has 0 radical (unpaired) electrons. The van der Waals surface area contributed by atoms with Gasteiger partial charge in [-0.3, -0.25) is 25.2 Å². The molecule has 0 spiro atoms. The lowest BCUT2D eigenvalue weighted by Crippen LogP contribution is -2.03. The molecule has 12 heteroatoms. The van der Waals surface area contributed by atoms with Crippen LogP contribution in [0.4, 0.5) is 39.8 Å². The highest BCUT2D eigenvalue weighted by Gasteiger charge is 2.25. The number of aliphatic imine (C=N–C) groups is 1. The zero-order valence-electron chi connectivity index (χ0n) is 19.7. The van der Waals surface area contributed by atoms with Crippen LogP contribution < -0.4 is 10.6 Å². The van der Waals surface area contributed by atoms with Crippen molar-refractivity contribution < 1.29 is 15.0 Å². The molecular weight excluding hydrogens is 622 g/mol. The third kappa shape index (κ3) is 6.15. The van der Waals surface area contributed by atoms with Gasteiger partial charge in [-0.2, -0.15) is 0 Å². The number of hydrogen-bond donors (Lipinski definition) is 3. The second-order valence-corrected chi connectivity index (χ2v) is 9.89. The SMILES string of the molecule is Cc1ccc(Nc2cc(Nc3ccccc3N=Cc3cc(Br)cc(Br)c3O)c([N+](=O)[O-])cc2[N+](=O)[O-])cc1. The first-order chi connectivity index (χ1) is 18.1. The first-order valence-corrected chi connectivity index (χ1v) is 12.6. The van der Waals surface area contributed by atoms with Crippen molar-refractivity contribution in [3.8, 4) is 5.75 Å². The molecule has 0 aliphatic carbocycles. The molecule has 38 heavy (non-hydrogen) atoms. The Hall–Kier alpha value is -4.29. The van der Waals surface area contributed by atoms with Crippen molar-refractivity contribution in [2.45, 2.75) is 6.92 Å². The second-order valence-electron chi connectivity index (χ2n) is 8.12. The van der Waals surface area contributed by atoms with Gasteiger partial charge in [0.25, 0.3) is 11.4 Å². The van der Waals surface area contributed by atoms with E-state index in [4.69, 9.17) is 0 Å². The van der Waals surface area contributed by atoms with Crippen LogP contribution in [0, 0.1) is 27.2 Å². The number of nitro benzene ring substituents is 2. The summed E-state index contributed by atoms with van der Waals surface area (Å²) in [6, 6.07) is 19.6. The lowest BCUT2D eigenvalue weighted by atomic mass is 10.1. The summed E-state index contributed by atoms with van der Waals surface area (Å²) < 4.78 is 1.21. The lowest BCUT2D eigenvalue weighted by molar-refractivity contribution is -0.393. The van der Waals surface area contributed by atoms with Crippen LogP contribution in [0.3, 0.4) is 0 Å². The monoisotopic (exact) mass is 639 g/mol. The molecule has 4 rings (SSSR count). The summed E-state index contributed by atoms with van der Waals surface area (Å²) in [4.78, 5) is 26.7. The molecule has 4 aromatic carbocycles. The summed E-state index contributed by atoms with van der Waals surface area (Å²) >= 11 is 6.65. The van der Waals surface area contributed by atoms with Gasteiger partial charge in [-0.25, -0.2) is 0 Å². The van der Waals surface area contributed by atoms with E-state index in [1.807, 2.05) is 19.1 Å². The van der Waals surface area contributed by atoms with Crippen LogP contribution >= 0.6 is 31.9 Å². The number of aryl methyl sites for hydroxylation is 1. The summed E-state index contributed by atoms with van der Waals surface area (Å²) in [7, 11) is 0. The Morgan fingerprint density at radius 1 is 0.842 bits per heavy atom. The van der Waals surface area contributed by atoms with E-state index in [1.54, 1.807) is 48.5 Å². The molecule has 0 unspecified atom stereocenters. The van der Waals surface area contributed by atoms with Gasteiger partial charge in [0, 0.05) is 21.9 Å². The number of para-hydroxylation sites is 2. The smallest absolute Gasteiger partial charge is 0.299 e. The number of benzene rings is 4. The van der Waals surface area contributed by atoms with E-state index in [0.29, 0.717) is 27.1 Å². The molecule has 0 aliphatic rings. The number of aromatic hydroxyl groups is 1. The number of nitrogens with one attached hydrogen (secondary N) is 2. The molecule has 0 bridgehead atoms. The van der Waals surface area contributed by atoms with Gasteiger partial charge in [-0.15, -0.1) is 0 Å². The number of phenols is 1. The highest BCUT2D eigenvalue weighted by molar-refractivity contribution is 9.11. The number of nitro groups is 2. The van der Waals surface area contributed by atoms with Gasteiger partial charge in [-0.1, -0.05) is 45.8 Å². The molecular formula is C26H19Br2N5O5. The third-order valence-electron chi connectivity index (χ3n) is 5.41. The Morgan fingerprint density at radius 2 is 1.47 bits per heavy atom. The van der Waals surface area contributed by atoms with Gasteiger partial charge in [-0.05, 0) is 65.3 Å². The largest absolute Gasteiger partial charge is 0.506 e. The molecule has 4 aromatic rings. The van der Waals surface area contributed by atoms with E-state index in [1.165, 1.54) is 12.3 Å². The molecule has 0 heterocycles. The zero-order valence-corrected chi connectivity index (χ0v) is 22.9. The predicted octanol–water partition coefficient (Wildman–Crippen LogP) is 8.28. The zero-order chi connectivity index (χ0) is 27.4. The molecule has 3 N–H and O–H groups in total. The summed E-state index contributed by atoms with van der Waals surface area (Å²) in [5.41, 5.74) is 2.07. The van der Waals surface area contributed by atoms with Crippen molar-refractivity contribution in [2.24, 2.45) is 4.99 Å². The first-order valence-electron chi connectivity index (χ1n) is 11.0. The third-order valence-corrected chi connectivity index (χ3v) is 6.47. The Bertz CT molecular complexity index is 1580. The minimum Gasteiger partial charge on any atom is -0.506 e. The average molecular weight is 641 g/mol. The number of hydrogen-bond acceptors (Lipinski definition) is 8. The van der Waals surface area contributed by atoms with E-state index in [2.05, 4.69) is 47.5 Å². The Morgan fingerprint density at radius 3 is 2.13 bits per heavy atom. The summed E-state index contributed by atoms with van der Waals surface area (Å²) in [5, 5.41) is 39.9. The van der Waals surface area contributed by atoms with E-state index >= 15 is 0 Å². The number of nitrogens with zero attached hydrogens (tertiary/aromatic N) is 3. The predicted molar refractivity (Wildman–Crippen MR) is 155 cm³/mol. The maximum atomic E-state index is 11.8. The molecule has 0 aromatic heterocycles. The van der Waals surface area contributed by atoms with Crippen LogP contribution in [0.25, 0.3) is 0 Å². The normalized spacial score (nSPS) is 10.9. The van der Waals surface area contributed by atoms with E-state index in [0.717, 1.165) is 16.1 Å². The lowest BCUT2D eigenvalue weighted by Gasteiger charge is -2.13. The fraction of sp³-hybridized carbons (Fsp3) is 0.0385. The molecule has 0 saturated carbocycles. The van der Waals surface area contributed by atoms with Crippen molar-refractivity contribution in [1.82, 2.24) is 0 Å². The van der Waals surface area contributed by atoms with Crippen molar-refractivity contribution in [3.05, 3.63) is 113 Å². The molecule has 10 nitrogen and oxygen atoms in total. The highest BCUT2D eigenvalue weighted by Crippen LogP contribution is 2.40. The Labute approximate surface area is 233 Å². The van der Waals surface area contributed by atoms with E-state index in [9.17, 15) is 25.3 Å². The van der Waals surface area contributed by atoms with Crippen molar-refractivity contribution >= 4 is 77.9 Å². The Kier molecular flexibility index (Phi) is 8.03. The summed E-state index contributed by atoms with van der Waals surface area (Å²) in [5.74, 6) is 0.000203. The second kappa shape index (κ2) is 11.4. The minimum atomic E-state index is -0.687. The summed E-state index contributed by atoms with van der Waals surface area (Å²) in [6.07, 6.45) is 1.46. The van der Waals surface area contributed by atoms with E-state index < -0.39 is 21.2 Å². The van der Waals surface area contributed by atoms with Crippen LogP contribution in [-0.4, -0.2) is 21.2 Å². The molecule has 0 fully saturated rings. The quantitative estimate of drug-likeness (QED) is 0.0998. The van der Waals surface area contributed by atoms with Crippen LogP contribution in [-0.2, 0) is 0 Å². The van der Waals surface area contributed by atoms with Crippen LogP contribution in [0.15, 0.2) is 86.7 Å². The molecule has 0 atom stereocenters. The van der Waals surface area contributed by atoms with Gasteiger partial charge in [0.1, 0.15) is 17.1 Å². The van der Waals surface area contributed by atoms with Gasteiger partial charge < -0.3 is 15.7 Å².